The molecule has 2 N–H and O–H groups in total. The van der Waals surface area contributed by atoms with E-state index in [2.05, 4.69) is 25.5 Å². The quantitative estimate of drug-likeness (QED) is 0.885. The molecule has 0 radical (unpaired) electrons. The first-order valence-electron chi connectivity index (χ1n) is 7.37. The number of nitrogens with zero attached hydrogens (tertiary/aromatic N) is 4. The lowest BCUT2D eigenvalue weighted by Gasteiger charge is -2.22. The molecule has 0 saturated carbocycles. The topological polar surface area (TPSA) is 57.5 Å². The molecule has 6 heteroatoms. The van der Waals surface area contributed by atoms with E-state index in [0.29, 0.717) is 12.1 Å². The third-order valence-electron chi connectivity index (χ3n) is 4.56. The molecule has 0 aliphatic carbocycles. The number of anilines is 2. The standard InChI is InChI=1S/C14H20N6/c1-15-12-9-20-8-5-16-14(20)13(18-12)17-10-4-7-19-6-2-3-11(10)19/h5,8-11,15H,2-4,6-7H2,1H3,(H,17,18). The van der Waals surface area contributed by atoms with E-state index in [-0.39, 0.29) is 0 Å². The van der Waals surface area contributed by atoms with E-state index >= 15 is 0 Å². The van der Waals surface area contributed by atoms with Crippen molar-refractivity contribution in [3.05, 3.63) is 18.6 Å². The second kappa shape index (κ2) is 4.63. The van der Waals surface area contributed by atoms with Crippen molar-refractivity contribution in [2.24, 2.45) is 0 Å². The zero-order valence-corrected chi connectivity index (χ0v) is 11.7. The van der Waals surface area contributed by atoms with Crippen LogP contribution in [0.1, 0.15) is 19.3 Å². The molecular weight excluding hydrogens is 252 g/mol. The summed E-state index contributed by atoms with van der Waals surface area (Å²) in [6, 6.07) is 1.17. The molecule has 2 fully saturated rings. The Hall–Kier alpha value is -1.82. The summed E-state index contributed by atoms with van der Waals surface area (Å²) >= 11 is 0. The predicted octanol–water partition coefficient (Wildman–Crippen LogP) is 1.42. The van der Waals surface area contributed by atoms with Crippen molar-refractivity contribution < 1.29 is 0 Å². The van der Waals surface area contributed by atoms with Gasteiger partial charge in [-0.25, -0.2) is 9.97 Å². The Morgan fingerprint density at radius 2 is 2.25 bits per heavy atom. The van der Waals surface area contributed by atoms with E-state index < -0.39 is 0 Å². The monoisotopic (exact) mass is 272 g/mol. The molecule has 2 atom stereocenters. The van der Waals surface area contributed by atoms with Gasteiger partial charge in [0.05, 0.1) is 6.20 Å². The van der Waals surface area contributed by atoms with Gasteiger partial charge in [0.1, 0.15) is 5.82 Å². The first-order valence-corrected chi connectivity index (χ1v) is 7.37. The van der Waals surface area contributed by atoms with Crippen LogP contribution in [0.4, 0.5) is 11.6 Å². The average Bonchev–Trinajstić information content (AvgIpc) is 3.15. The molecule has 20 heavy (non-hydrogen) atoms. The van der Waals surface area contributed by atoms with E-state index in [1.807, 2.05) is 30.0 Å². The van der Waals surface area contributed by atoms with Gasteiger partial charge in [0.2, 0.25) is 0 Å². The smallest absolute Gasteiger partial charge is 0.180 e. The zero-order chi connectivity index (χ0) is 13.5. The van der Waals surface area contributed by atoms with Crippen LogP contribution in [0.15, 0.2) is 18.6 Å². The van der Waals surface area contributed by atoms with Crippen molar-refractivity contribution in [2.75, 3.05) is 30.8 Å². The van der Waals surface area contributed by atoms with Crippen LogP contribution in [0.25, 0.3) is 5.65 Å². The number of imidazole rings is 1. The second-order valence-electron chi connectivity index (χ2n) is 5.67. The largest absolute Gasteiger partial charge is 0.372 e. The Labute approximate surface area is 118 Å². The number of fused-ring (bicyclic) bond motifs is 2. The normalized spacial score (nSPS) is 26.1. The van der Waals surface area contributed by atoms with Crippen molar-refractivity contribution in [3.8, 4) is 0 Å². The van der Waals surface area contributed by atoms with Crippen molar-refractivity contribution in [1.29, 1.82) is 0 Å². The molecule has 4 rings (SSSR count). The summed E-state index contributed by atoms with van der Waals surface area (Å²) in [6.45, 7) is 2.46. The Kier molecular flexibility index (Phi) is 2.77. The van der Waals surface area contributed by atoms with Crippen LogP contribution in [0.2, 0.25) is 0 Å². The van der Waals surface area contributed by atoms with Crippen molar-refractivity contribution in [2.45, 2.75) is 31.3 Å². The van der Waals surface area contributed by atoms with E-state index in [1.165, 1.54) is 32.4 Å². The molecule has 0 bridgehead atoms. The molecule has 2 aromatic rings. The lowest BCUT2D eigenvalue weighted by Crippen LogP contribution is -2.34. The SMILES string of the molecule is CNc1cn2ccnc2c(NC2CCN3CCCC23)n1. The van der Waals surface area contributed by atoms with E-state index in [1.54, 1.807) is 0 Å². The molecule has 2 unspecified atom stereocenters. The highest BCUT2D eigenvalue weighted by Crippen LogP contribution is 2.30. The van der Waals surface area contributed by atoms with Gasteiger partial charge in [0, 0.05) is 38.1 Å². The van der Waals surface area contributed by atoms with Crippen LogP contribution in [0.5, 0.6) is 0 Å². The maximum absolute atomic E-state index is 4.65. The predicted molar refractivity (Wildman–Crippen MR) is 79.2 cm³/mol. The van der Waals surface area contributed by atoms with Crippen molar-refractivity contribution in [3.63, 3.8) is 0 Å². The van der Waals surface area contributed by atoms with Crippen molar-refractivity contribution >= 4 is 17.3 Å². The lowest BCUT2D eigenvalue weighted by atomic mass is 10.1. The number of nitrogens with one attached hydrogen (secondary N) is 2. The van der Waals surface area contributed by atoms with E-state index in [4.69, 9.17) is 0 Å². The average molecular weight is 272 g/mol. The Bertz CT molecular complexity index is 621. The van der Waals surface area contributed by atoms with Crippen molar-refractivity contribution in [1.82, 2.24) is 19.3 Å². The molecule has 2 aromatic heterocycles. The number of hydrogen-bond acceptors (Lipinski definition) is 5. The minimum atomic E-state index is 0.498. The summed E-state index contributed by atoms with van der Waals surface area (Å²) in [4.78, 5) is 11.7. The molecular formula is C14H20N6. The highest BCUT2D eigenvalue weighted by Gasteiger charge is 2.37. The Morgan fingerprint density at radius 3 is 3.15 bits per heavy atom. The zero-order valence-electron chi connectivity index (χ0n) is 11.7. The fraction of sp³-hybridized carbons (Fsp3) is 0.571. The lowest BCUT2D eigenvalue weighted by molar-refractivity contribution is 0.318. The van der Waals surface area contributed by atoms with Crippen LogP contribution in [-0.2, 0) is 0 Å². The highest BCUT2D eigenvalue weighted by atomic mass is 15.3. The fourth-order valence-electron chi connectivity index (χ4n) is 3.58. The van der Waals surface area contributed by atoms with Crippen LogP contribution in [0.3, 0.4) is 0 Å². The second-order valence-corrected chi connectivity index (χ2v) is 5.67. The summed E-state index contributed by atoms with van der Waals surface area (Å²) in [5.41, 5.74) is 0.903. The van der Waals surface area contributed by atoms with Gasteiger partial charge in [-0.05, 0) is 25.8 Å². The molecule has 6 nitrogen and oxygen atoms in total. The van der Waals surface area contributed by atoms with Gasteiger partial charge < -0.3 is 15.0 Å². The Balaban J connectivity index is 1.66. The van der Waals surface area contributed by atoms with Gasteiger partial charge in [-0.3, -0.25) is 4.90 Å². The third-order valence-corrected chi connectivity index (χ3v) is 4.56. The molecule has 2 saturated heterocycles. The summed E-state index contributed by atoms with van der Waals surface area (Å²) < 4.78 is 2.02. The van der Waals surface area contributed by atoms with Gasteiger partial charge in [0.15, 0.2) is 11.5 Å². The molecule has 4 heterocycles. The summed E-state index contributed by atoms with van der Waals surface area (Å²) in [7, 11) is 1.89. The number of aromatic nitrogens is 3. The third kappa shape index (κ3) is 1.83. The summed E-state index contributed by atoms with van der Waals surface area (Å²) in [5, 5.41) is 6.75. The van der Waals surface area contributed by atoms with Gasteiger partial charge >= 0.3 is 0 Å². The van der Waals surface area contributed by atoms with E-state index in [0.717, 1.165) is 17.3 Å². The van der Waals surface area contributed by atoms with Gasteiger partial charge in [-0.15, -0.1) is 0 Å². The molecule has 0 amide bonds. The van der Waals surface area contributed by atoms with Crippen LogP contribution >= 0.6 is 0 Å². The fourth-order valence-corrected chi connectivity index (χ4v) is 3.58. The maximum Gasteiger partial charge on any atom is 0.180 e. The molecule has 2 aliphatic rings. The summed E-state index contributed by atoms with van der Waals surface area (Å²) in [6.07, 6.45) is 9.56. The first kappa shape index (κ1) is 12.0. The van der Waals surface area contributed by atoms with Gasteiger partial charge in [-0.1, -0.05) is 0 Å². The molecule has 0 aromatic carbocycles. The van der Waals surface area contributed by atoms with Gasteiger partial charge in [-0.2, -0.15) is 0 Å². The number of hydrogen-bond donors (Lipinski definition) is 2. The van der Waals surface area contributed by atoms with E-state index in [9.17, 15) is 0 Å². The first-order chi connectivity index (χ1) is 9.85. The molecule has 0 spiro atoms. The molecule has 106 valence electrons. The minimum absolute atomic E-state index is 0.498. The number of rotatable bonds is 3. The Morgan fingerprint density at radius 1 is 1.30 bits per heavy atom. The van der Waals surface area contributed by atoms with Crippen LogP contribution in [-0.4, -0.2) is 51.5 Å². The maximum atomic E-state index is 4.65. The summed E-state index contributed by atoms with van der Waals surface area (Å²) in [5.74, 6) is 1.75. The van der Waals surface area contributed by atoms with Crippen LogP contribution < -0.4 is 10.6 Å². The minimum Gasteiger partial charge on any atom is -0.372 e. The highest BCUT2D eigenvalue weighted by molar-refractivity contribution is 5.65. The van der Waals surface area contributed by atoms with Gasteiger partial charge in [0.25, 0.3) is 0 Å². The molecule has 2 aliphatic heterocycles. The van der Waals surface area contributed by atoms with Crippen LogP contribution in [0, 0.1) is 0 Å².